The van der Waals surface area contributed by atoms with Crippen LogP contribution in [0.25, 0.3) is 0 Å². The van der Waals surface area contributed by atoms with Gasteiger partial charge in [0.1, 0.15) is 0 Å². The van der Waals surface area contributed by atoms with Gasteiger partial charge in [0.15, 0.2) is 9.84 Å². The molecule has 1 aromatic rings. The van der Waals surface area contributed by atoms with Gasteiger partial charge in [0, 0.05) is 12.1 Å². The molecule has 1 atom stereocenters. The molecule has 3 rings (SSSR count). The predicted octanol–water partition coefficient (Wildman–Crippen LogP) is 1.21. The van der Waals surface area contributed by atoms with E-state index < -0.39 is 19.9 Å². The van der Waals surface area contributed by atoms with Crippen LogP contribution < -0.4 is 0 Å². The Morgan fingerprint density at radius 2 is 1.73 bits per heavy atom. The maximum atomic E-state index is 12.7. The van der Waals surface area contributed by atoms with Crippen molar-refractivity contribution in [1.82, 2.24) is 4.31 Å². The van der Waals surface area contributed by atoms with Crippen LogP contribution in [-0.2, 0) is 26.3 Å². The molecule has 0 bridgehead atoms. The van der Waals surface area contributed by atoms with Gasteiger partial charge in [-0.05, 0) is 31.2 Å². The Hall–Kier alpha value is -0.920. The van der Waals surface area contributed by atoms with Crippen molar-refractivity contribution < 1.29 is 16.8 Å². The lowest BCUT2D eigenvalue weighted by Crippen LogP contribution is -2.44. The van der Waals surface area contributed by atoms with Gasteiger partial charge in [0.2, 0.25) is 10.0 Å². The van der Waals surface area contributed by atoms with Gasteiger partial charge in [-0.15, -0.1) is 0 Å². The number of nitrogens with zero attached hydrogens (tertiary/aromatic N) is 1. The minimum Gasteiger partial charge on any atom is -0.229 e. The number of hydrogen-bond acceptors (Lipinski definition) is 4. The van der Waals surface area contributed by atoms with Crippen LogP contribution in [0.4, 0.5) is 0 Å². The number of benzene rings is 1. The van der Waals surface area contributed by atoms with Gasteiger partial charge in [-0.25, -0.2) is 16.8 Å². The second-order valence-corrected chi connectivity index (χ2v) is 10.4. The SMILES string of the molecule is O=S1(=O)CCC(N(C2CC2)S(=O)(=O)CCc2ccccc2)C1. The zero-order valence-electron chi connectivity index (χ0n) is 12.4. The summed E-state index contributed by atoms with van der Waals surface area (Å²) in [6.45, 7) is 0. The molecular weight excluding hydrogens is 322 g/mol. The third-order valence-corrected chi connectivity index (χ3v) is 8.00. The third-order valence-electron chi connectivity index (χ3n) is 4.29. The first-order valence-corrected chi connectivity index (χ1v) is 11.1. The Morgan fingerprint density at radius 3 is 2.27 bits per heavy atom. The predicted molar refractivity (Wildman–Crippen MR) is 85.9 cm³/mol. The van der Waals surface area contributed by atoms with Gasteiger partial charge < -0.3 is 0 Å². The lowest BCUT2D eigenvalue weighted by atomic mass is 10.2. The van der Waals surface area contributed by atoms with Gasteiger partial charge in [0.05, 0.1) is 17.3 Å². The minimum absolute atomic E-state index is 0.0130. The summed E-state index contributed by atoms with van der Waals surface area (Å²) in [5.41, 5.74) is 0.987. The van der Waals surface area contributed by atoms with E-state index in [-0.39, 0.29) is 29.3 Å². The first-order chi connectivity index (χ1) is 10.4. The van der Waals surface area contributed by atoms with Crippen LogP contribution in [0.2, 0.25) is 0 Å². The van der Waals surface area contributed by atoms with Crippen LogP contribution in [0.15, 0.2) is 30.3 Å². The standard InChI is InChI=1S/C15H21NO4S2/c17-21(18)10-9-15(12-21)16(14-6-7-14)22(19,20)11-8-13-4-2-1-3-5-13/h1-5,14-15H,6-12H2. The van der Waals surface area contributed by atoms with E-state index in [1.807, 2.05) is 30.3 Å². The van der Waals surface area contributed by atoms with Crippen molar-refractivity contribution in [3.63, 3.8) is 0 Å². The molecule has 1 aliphatic heterocycles. The van der Waals surface area contributed by atoms with E-state index in [4.69, 9.17) is 0 Å². The highest BCUT2D eigenvalue weighted by Gasteiger charge is 2.45. The van der Waals surface area contributed by atoms with Gasteiger partial charge in [-0.1, -0.05) is 30.3 Å². The van der Waals surface area contributed by atoms with E-state index >= 15 is 0 Å². The van der Waals surface area contributed by atoms with E-state index in [0.717, 1.165) is 18.4 Å². The molecule has 1 saturated heterocycles. The summed E-state index contributed by atoms with van der Waals surface area (Å²) >= 11 is 0. The summed E-state index contributed by atoms with van der Waals surface area (Å²) in [5.74, 6) is 0.132. The van der Waals surface area contributed by atoms with E-state index in [2.05, 4.69) is 0 Å². The summed E-state index contributed by atoms with van der Waals surface area (Å²) in [6.07, 6.45) is 2.59. The molecule has 1 heterocycles. The molecule has 1 aromatic carbocycles. The Kier molecular flexibility index (Phi) is 4.31. The van der Waals surface area contributed by atoms with Gasteiger partial charge >= 0.3 is 0 Å². The molecule has 2 aliphatic rings. The molecule has 122 valence electrons. The summed E-state index contributed by atoms with van der Waals surface area (Å²) in [4.78, 5) is 0. The molecule has 1 unspecified atom stereocenters. The fourth-order valence-corrected chi connectivity index (χ4v) is 6.86. The molecule has 22 heavy (non-hydrogen) atoms. The van der Waals surface area contributed by atoms with E-state index in [1.54, 1.807) is 0 Å². The van der Waals surface area contributed by atoms with Gasteiger partial charge in [-0.3, -0.25) is 0 Å². The minimum atomic E-state index is -3.42. The van der Waals surface area contributed by atoms with Crippen LogP contribution in [0.3, 0.4) is 0 Å². The first kappa shape index (κ1) is 16.0. The van der Waals surface area contributed by atoms with Crippen molar-refractivity contribution in [3.8, 4) is 0 Å². The largest absolute Gasteiger partial charge is 0.229 e. The van der Waals surface area contributed by atoms with Crippen LogP contribution in [0, 0.1) is 0 Å². The Balaban J connectivity index is 1.73. The number of aryl methyl sites for hydroxylation is 1. The quantitative estimate of drug-likeness (QED) is 0.778. The van der Waals surface area contributed by atoms with Crippen molar-refractivity contribution in [2.75, 3.05) is 17.3 Å². The fourth-order valence-electron chi connectivity index (χ4n) is 3.05. The van der Waals surface area contributed by atoms with Crippen molar-refractivity contribution >= 4 is 19.9 Å². The van der Waals surface area contributed by atoms with Crippen LogP contribution in [0.1, 0.15) is 24.8 Å². The number of sulfonamides is 1. The van der Waals surface area contributed by atoms with Crippen LogP contribution in [0.5, 0.6) is 0 Å². The number of rotatable bonds is 6. The maximum absolute atomic E-state index is 12.7. The second kappa shape index (κ2) is 5.94. The normalized spacial score (nSPS) is 24.7. The maximum Gasteiger partial charge on any atom is 0.214 e. The molecule has 1 saturated carbocycles. The highest BCUT2D eigenvalue weighted by Crippen LogP contribution is 2.34. The smallest absolute Gasteiger partial charge is 0.214 e. The van der Waals surface area contributed by atoms with E-state index in [0.29, 0.717) is 12.8 Å². The summed E-state index contributed by atoms with van der Waals surface area (Å²) in [7, 11) is -6.50. The summed E-state index contributed by atoms with van der Waals surface area (Å²) in [6, 6.07) is 9.16. The van der Waals surface area contributed by atoms with Crippen LogP contribution in [-0.4, -0.2) is 50.5 Å². The van der Waals surface area contributed by atoms with Crippen molar-refractivity contribution in [2.24, 2.45) is 0 Å². The Bertz CT molecular complexity index is 724. The highest BCUT2D eigenvalue weighted by molar-refractivity contribution is 7.92. The molecule has 1 aliphatic carbocycles. The molecule has 0 aromatic heterocycles. The van der Waals surface area contributed by atoms with E-state index in [1.165, 1.54) is 4.31 Å². The lowest BCUT2D eigenvalue weighted by Gasteiger charge is -2.27. The molecule has 0 N–H and O–H groups in total. The monoisotopic (exact) mass is 343 g/mol. The number of sulfone groups is 1. The summed E-state index contributed by atoms with van der Waals surface area (Å²) < 4.78 is 50.3. The average molecular weight is 343 g/mol. The van der Waals surface area contributed by atoms with E-state index in [9.17, 15) is 16.8 Å². The molecule has 2 fully saturated rings. The molecular formula is C15H21NO4S2. The van der Waals surface area contributed by atoms with Crippen molar-refractivity contribution in [2.45, 2.75) is 37.8 Å². The summed E-state index contributed by atoms with van der Waals surface area (Å²) in [5, 5.41) is 0. The molecule has 0 amide bonds. The highest BCUT2D eigenvalue weighted by atomic mass is 32.2. The fraction of sp³-hybridized carbons (Fsp3) is 0.600. The Labute approximate surface area is 132 Å². The first-order valence-electron chi connectivity index (χ1n) is 7.63. The topological polar surface area (TPSA) is 71.5 Å². The lowest BCUT2D eigenvalue weighted by molar-refractivity contribution is 0.332. The van der Waals surface area contributed by atoms with Crippen molar-refractivity contribution in [3.05, 3.63) is 35.9 Å². The Morgan fingerprint density at radius 1 is 1.05 bits per heavy atom. The molecule has 5 nitrogen and oxygen atoms in total. The zero-order valence-corrected chi connectivity index (χ0v) is 14.0. The van der Waals surface area contributed by atoms with Crippen molar-refractivity contribution in [1.29, 1.82) is 0 Å². The third kappa shape index (κ3) is 3.70. The second-order valence-electron chi connectivity index (χ2n) is 6.17. The molecule has 0 radical (unpaired) electrons. The molecule has 0 spiro atoms. The number of hydrogen-bond donors (Lipinski definition) is 0. The van der Waals surface area contributed by atoms with Gasteiger partial charge in [-0.2, -0.15) is 4.31 Å². The van der Waals surface area contributed by atoms with Gasteiger partial charge in [0.25, 0.3) is 0 Å². The average Bonchev–Trinajstić information content (AvgIpc) is 3.22. The molecule has 7 heteroatoms. The zero-order chi connectivity index (χ0) is 15.8. The van der Waals surface area contributed by atoms with Crippen LogP contribution >= 0.6 is 0 Å².